The van der Waals surface area contributed by atoms with E-state index in [-0.39, 0.29) is 0 Å². The Balaban J connectivity index is 2.61. The lowest BCUT2D eigenvalue weighted by molar-refractivity contribution is -0.138. The maximum Gasteiger partial charge on any atom is 0.310 e. The summed E-state index contributed by atoms with van der Waals surface area (Å²) in [6.07, 6.45) is 5.18. The van der Waals surface area contributed by atoms with Crippen molar-refractivity contribution >= 4 is 11.5 Å². The third-order valence-electron chi connectivity index (χ3n) is 2.32. The summed E-state index contributed by atoms with van der Waals surface area (Å²) in [5.74, 6) is -1.32. The second-order valence-corrected chi connectivity index (χ2v) is 3.21. The Labute approximate surface area is 80.8 Å². The third-order valence-corrected chi connectivity index (χ3v) is 2.32. The lowest BCUT2D eigenvalue weighted by Gasteiger charge is -2.07. The molecule has 2 rings (SSSR count). The van der Waals surface area contributed by atoms with E-state index in [1.807, 2.05) is 22.7 Å². The van der Waals surface area contributed by atoms with Gasteiger partial charge < -0.3 is 9.51 Å². The quantitative estimate of drug-likeness (QED) is 0.781. The molecular weight excluding hydrogens is 180 g/mol. The van der Waals surface area contributed by atoms with Crippen LogP contribution in [0.4, 0.5) is 0 Å². The maximum atomic E-state index is 10.8. The van der Waals surface area contributed by atoms with Gasteiger partial charge in [-0.05, 0) is 18.6 Å². The molecule has 0 aliphatic rings. The Morgan fingerprint density at radius 3 is 3.14 bits per heavy atom. The average Bonchev–Trinajstić information content (AvgIpc) is 2.63. The minimum absolute atomic E-state index is 0.504. The van der Waals surface area contributed by atoms with Crippen molar-refractivity contribution in [3.8, 4) is 0 Å². The fraction of sp³-hybridized carbons (Fsp3) is 0.200. The van der Waals surface area contributed by atoms with Gasteiger partial charge in [-0.25, -0.2) is 4.98 Å². The first-order chi connectivity index (χ1) is 6.70. The van der Waals surface area contributed by atoms with Gasteiger partial charge in [-0.15, -0.1) is 0 Å². The molecule has 2 heterocycles. The number of imidazole rings is 1. The van der Waals surface area contributed by atoms with Crippen molar-refractivity contribution in [1.82, 2.24) is 9.38 Å². The largest absolute Gasteiger partial charge is 0.481 e. The summed E-state index contributed by atoms with van der Waals surface area (Å²) in [4.78, 5) is 14.8. The van der Waals surface area contributed by atoms with Gasteiger partial charge in [0.25, 0.3) is 0 Å². The fourth-order valence-electron chi connectivity index (χ4n) is 1.47. The number of carbonyl (C=O) groups is 1. The summed E-state index contributed by atoms with van der Waals surface area (Å²) in [7, 11) is 0. The summed E-state index contributed by atoms with van der Waals surface area (Å²) in [5, 5.41) is 8.90. The summed E-state index contributed by atoms with van der Waals surface area (Å²) in [6.45, 7) is 1.67. The molecule has 14 heavy (non-hydrogen) atoms. The number of pyridine rings is 1. The zero-order valence-corrected chi connectivity index (χ0v) is 7.71. The molecule has 0 radical (unpaired) electrons. The lowest BCUT2D eigenvalue weighted by Crippen LogP contribution is -2.08. The number of carboxylic acid groups (broad SMARTS) is 1. The van der Waals surface area contributed by atoms with Crippen LogP contribution < -0.4 is 0 Å². The molecule has 0 amide bonds. The van der Waals surface area contributed by atoms with Crippen LogP contribution in [0.5, 0.6) is 0 Å². The highest BCUT2D eigenvalue weighted by Gasteiger charge is 2.16. The van der Waals surface area contributed by atoms with Crippen molar-refractivity contribution in [2.24, 2.45) is 0 Å². The molecule has 4 nitrogen and oxygen atoms in total. The number of fused-ring (bicyclic) bond motifs is 1. The van der Waals surface area contributed by atoms with Crippen molar-refractivity contribution in [2.45, 2.75) is 12.8 Å². The predicted octanol–water partition coefficient (Wildman–Crippen LogP) is 1.52. The minimum Gasteiger partial charge on any atom is -0.481 e. The van der Waals surface area contributed by atoms with Gasteiger partial charge >= 0.3 is 5.97 Å². The smallest absolute Gasteiger partial charge is 0.310 e. The Morgan fingerprint density at radius 2 is 2.43 bits per heavy atom. The molecule has 0 aliphatic heterocycles. The Bertz CT molecular complexity index is 476. The number of rotatable bonds is 2. The Hall–Kier alpha value is -1.84. The number of aromatic nitrogens is 2. The molecule has 2 aromatic heterocycles. The highest BCUT2D eigenvalue weighted by Crippen LogP contribution is 2.20. The monoisotopic (exact) mass is 190 g/mol. The fourth-order valence-corrected chi connectivity index (χ4v) is 1.47. The molecule has 0 saturated heterocycles. The first-order valence-electron chi connectivity index (χ1n) is 4.33. The van der Waals surface area contributed by atoms with E-state index in [1.165, 1.54) is 0 Å². The number of nitrogens with zero attached hydrogens (tertiary/aromatic N) is 2. The Morgan fingerprint density at radius 1 is 1.64 bits per heavy atom. The molecule has 1 unspecified atom stereocenters. The molecule has 0 aliphatic carbocycles. The van der Waals surface area contributed by atoms with Crippen LogP contribution in [0.15, 0.2) is 30.9 Å². The van der Waals surface area contributed by atoms with Crippen molar-refractivity contribution in [2.75, 3.05) is 0 Å². The van der Waals surface area contributed by atoms with Crippen LogP contribution in [0.25, 0.3) is 5.52 Å². The molecule has 2 aromatic rings. The molecule has 0 saturated carbocycles. The van der Waals surface area contributed by atoms with Crippen LogP contribution >= 0.6 is 0 Å². The third kappa shape index (κ3) is 1.25. The number of hydrogen-bond acceptors (Lipinski definition) is 2. The highest BCUT2D eigenvalue weighted by molar-refractivity contribution is 5.79. The molecule has 1 atom stereocenters. The molecular formula is C10H10N2O2. The molecule has 1 N–H and O–H groups in total. The van der Waals surface area contributed by atoms with Gasteiger partial charge in [0.1, 0.15) is 0 Å². The number of carboxylic acids is 1. The Kier molecular flexibility index (Phi) is 1.96. The maximum absolute atomic E-state index is 10.8. The van der Waals surface area contributed by atoms with Crippen LogP contribution in [-0.2, 0) is 4.79 Å². The number of hydrogen-bond donors (Lipinski definition) is 1. The van der Waals surface area contributed by atoms with Crippen molar-refractivity contribution in [3.05, 3.63) is 36.4 Å². The van der Waals surface area contributed by atoms with Crippen LogP contribution in [0.3, 0.4) is 0 Å². The first kappa shape index (κ1) is 8.74. The van der Waals surface area contributed by atoms with Crippen molar-refractivity contribution in [3.63, 3.8) is 0 Å². The second kappa shape index (κ2) is 3.14. The van der Waals surface area contributed by atoms with E-state index in [2.05, 4.69) is 4.98 Å². The van der Waals surface area contributed by atoms with E-state index < -0.39 is 11.9 Å². The topological polar surface area (TPSA) is 54.6 Å². The molecule has 0 fully saturated rings. The van der Waals surface area contributed by atoms with E-state index >= 15 is 0 Å². The van der Waals surface area contributed by atoms with Crippen molar-refractivity contribution < 1.29 is 9.90 Å². The van der Waals surface area contributed by atoms with E-state index in [4.69, 9.17) is 5.11 Å². The normalized spacial score (nSPS) is 12.9. The molecule has 0 aromatic carbocycles. The van der Waals surface area contributed by atoms with Crippen LogP contribution in [0.2, 0.25) is 0 Å². The second-order valence-electron chi connectivity index (χ2n) is 3.21. The van der Waals surface area contributed by atoms with E-state index in [9.17, 15) is 4.79 Å². The first-order valence-corrected chi connectivity index (χ1v) is 4.33. The molecule has 0 bridgehead atoms. The van der Waals surface area contributed by atoms with Crippen molar-refractivity contribution in [1.29, 1.82) is 0 Å². The van der Waals surface area contributed by atoms with Crippen LogP contribution in [0, 0.1) is 0 Å². The van der Waals surface area contributed by atoms with E-state index in [0.717, 1.165) is 11.1 Å². The van der Waals surface area contributed by atoms with E-state index in [0.29, 0.717) is 0 Å². The van der Waals surface area contributed by atoms with Gasteiger partial charge in [0.2, 0.25) is 0 Å². The van der Waals surface area contributed by atoms with E-state index in [1.54, 1.807) is 19.4 Å². The zero-order chi connectivity index (χ0) is 10.1. The SMILES string of the molecule is CC(C(=O)O)c1cccn2cncc12. The van der Waals surface area contributed by atoms with Gasteiger partial charge in [0.15, 0.2) is 0 Å². The average molecular weight is 190 g/mol. The van der Waals surface area contributed by atoms with Gasteiger partial charge in [0.05, 0.1) is 24.0 Å². The highest BCUT2D eigenvalue weighted by atomic mass is 16.4. The van der Waals surface area contributed by atoms with Gasteiger partial charge in [-0.1, -0.05) is 6.07 Å². The summed E-state index contributed by atoms with van der Waals surface area (Å²) < 4.78 is 1.81. The lowest BCUT2D eigenvalue weighted by atomic mass is 10.0. The molecule has 72 valence electrons. The summed E-state index contributed by atoms with van der Waals surface area (Å²) >= 11 is 0. The van der Waals surface area contributed by atoms with Gasteiger partial charge in [-0.2, -0.15) is 0 Å². The predicted molar refractivity (Wildman–Crippen MR) is 51.2 cm³/mol. The standard InChI is InChI=1S/C10H10N2O2/c1-7(10(13)14)8-3-2-4-12-6-11-5-9(8)12/h2-7H,1H3,(H,13,14). The molecule has 4 heteroatoms. The summed E-state index contributed by atoms with van der Waals surface area (Å²) in [6, 6.07) is 3.64. The summed E-state index contributed by atoms with van der Waals surface area (Å²) in [5.41, 5.74) is 1.64. The van der Waals surface area contributed by atoms with Crippen LogP contribution in [0.1, 0.15) is 18.4 Å². The van der Waals surface area contributed by atoms with Gasteiger partial charge in [0, 0.05) is 6.20 Å². The van der Waals surface area contributed by atoms with Gasteiger partial charge in [-0.3, -0.25) is 4.79 Å². The number of aliphatic carboxylic acids is 1. The van der Waals surface area contributed by atoms with Crippen LogP contribution in [-0.4, -0.2) is 20.5 Å². The zero-order valence-electron chi connectivity index (χ0n) is 7.71. The minimum atomic E-state index is -0.820. The molecule has 0 spiro atoms.